The van der Waals surface area contributed by atoms with Crippen molar-refractivity contribution >= 4 is 29.0 Å². The minimum Gasteiger partial charge on any atom is -0.443 e. The number of rotatable bonds is 6. The van der Waals surface area contributed by atoms with Crippen molar-refractivity contribution in [3.63, 3.8) is 0 Å². The number of ether oxygens (including phenoxy) is 1. The highest BCUT2D eigenvalue weighted by Gasteiger charge is 2.30. The summed E-state index contributed by atoms with van der Waals surface area (Å²) in [6, 6.07) is 9.78. The molecule has 0 fully saturated rings. The summed E-state index contributed by atoms with van der Waals surface area (Å²) >= 11 is 1.43. The van der Waals surface area contributed by atoms with Crippen molar-refractivity contribution < 1.29 is 14.3 Å². The molecule has 1 aromatic carbocycles. The first-order valence-electron chi connectivity index (χ1n) is 9.49. The highest BCUT2D eigenvalue weighted by Crippen LogP contribution is 2.33. The summed E-state index contributed by atoms with van der Waals surface area (Å²) in [4.78, 5) is 27.0. The predicted molar refractivity (Wildman–Crippen MR) is 112 cm³/mol. The zero-order valence-electron chi connectivity index (χ0n) is 16.6. The second-order valence-electron chi connectivity index (χ2n) is 7.72. The summed E-state index contributed by atoms with van der Waals surface area (Å²) in [5, 5.41) is 8.14. The fraction of sp³-hybridized carbons (Fsp3) is 0.429. The largest absolute Gasteiger partial charge is 0.443 e. The van der Waals surface area contributed by atoms with Crippen molar-refractivity contribution in [3.8, 4) is 0 Å². The number of hydrogen-bond donors (Lipinski definition) is 2. The third kappa shape index (κ3) is 5.11. The molecule has 28 heavy (non-hydrogen) atoms. The Kier molecular flexibility index (Phi) is 6.36. The van der Waals surface area contributed by atoms with Crippen LogP contribution in [0.4, 0.5) is 10.5 Å². The van der Waals surface area contributed by atoms with Gasteiger partial charge in [-0.2, -0.15) is 0 Å². The van der Waals surface area contributed by atoms with Gasteiger partial charge in [-0.1, -0.05) is 24.3 Å². The monoisotopic (exact) mass is 401 g/mol. The van der Waals surface area contributed by atoms with Crippen LogP contribution in [0, 0.1) is 0 Å². The van der Waals surface area contributed by atoms with Gasteiger partial charge in [-0.3, -0.25) is 9.69 Å². The molecule has 0 saturated heterocycles. The maximum atomic E-state index is 12.6. The third-order valence-electron chi connectivity index (χ3n) is 4.34. The minimum absolute atomic E-state index is 0.0477. The number of benzene rings is 1. The van der Waals surface area contributed by atoms with Crippen LogP contribution in [0.1, 0.15) is 41.6 Å². The van der Waals surface area contributed by atoms with Crippen molar-refractivity contribution in [2.24, 2.45) is 0 Å². The van der Waals surface area contributed by atoms with E-state index in [0.29, 0.717) is 31.1 Å². The van der Waals surface area contributed by atoms with E-state index in [1.807, 2.05) is 50.4 Å². The van der Waals surface area contributed by atoms with Crippen LogP contribution in [0.15, 0.2) is 35.7 Å². The number of thiophene rings is 1. The molecule has 0 spiro atoms. The van der Waals surface area contributed by atoms with Gasteiger partial charge in [0.1, 0.15) is 5.60 Å². The zero-order chi connectivity index (χ0) is 20.1. The molecule has 2 aromatic rings. The summed E-state index contributed by atoms with van der Waals surface area (Å²) in [7, 11) is 0. The van der Waals surface area contributed by atoms with E-state index in [4.69, 9.17) is 4.74 Å². The van der Waals surface area contributed by atoms with Gasteiger partial charge in [0.2, 0.25) is 0 Å². The van der Waals surface area contributed by atoms with Gasteiger partial charge in [-0.05, 0) is 49.8 Å². The first-order chi connectivity index (χ1) is 13.3. The van der Waals surface area contributed by atoms with E-state index in [1.54, 1.807) is 4.90 Å². The lowest BCUT2D eigenvalue weighted by molar-refractivity contribution is 0.0583. The number of nitrogens with zero attached hydrogens (tertiary/aromatic N) is 1. The van der Waals surface area contributed by atoms with Crippen molar-refractivity contribution in [2.45, 2.75) is 39.3 Å². The van der Waals surface area contributed by atoms with E-state index < -0.39 is 5.60 Å². The molecule has 3 rings (SSSR count). The summed E-state index contributed by atoms with van der Waals surface area (Å²) in [6.07, 6.45) is 0.529. The number of carbonyl (C=O) groups excluding carboxylic acids is 2. The van der Waals surface area contributed by atoms with Gasteiger partial charge in [-0.15, -0.1) is 11.3 Å². The topological polar surface area (TPSA) is 70.7 Å². The zero-order valence-corrected chi connectivity index (χ0v) is 17.4. The normalized spacial score (nSPS) is 13.3. The molecule has 1 aliphatic rings. The first kappa shape index (κ1) is 20.4. The SMILES string of the molecule is CC(C)(C)OC(=O)N1CCc2cccc(CNCCNC(=O)c3cccs3)c21. The Morgan fingerprint density at radius 1 is 1.18 bits per heavy atom. The van der Waals surface area contributed by atoms with Crippen LogP contribution in [0.25, 0.3) is 0 Å². The van der Waals surface area contributed by atoms with E-state index in [-0.39, 0.29) is 12.0 Å². The molecule has 150 valence electrons. The number of para-hydroxylation sites is 1. The number of amides is 2. The summed E-state index contributed by atoms with van der Waals surface area (Å²) in [5.74, 6) is -0.0477. The fourth-order valence-corrected chi connectivity index (χ4v) is 3.80. The van der Waals surface area contributed by atoms with E-state index in [0.717, 1.165) is 23.2 Å². The second kappa shape index (κ2) is 8.75. The van der Waals surface area contributed by atoms with Gasteiger partial charge >= 0.3 is 6.09 Å². The lowest BCUT2D eigenvalue weighted by Crippen LogP contribution is -2.36. The van der Waals surface area contributed by atoms with Crippen LogP contribution in [-0.2, 0) is 17.7 Å². The van der Waals surface area contributed by atoms with Crippen molar-refractivity contribution in [1.29, 1.82) is 0 Å². The molecule has 7 heteroatoms. The van der Waals surface area contributed by atoms with Gasteiger partial charge in [0.25, 0.3) is 5.91 Å². The van der Waals surface area contributed by atoms with Crippen LogP contribution < -0.4 is 15.5 Å². The molecule has 0 bridgehead atoms. The van der Waals surface area contributed by atoms with Crippen LogP contribution in [-0.4, -0.2) is 37.2 Å². The Morgan fingerprint density at radius 3 is 2.71 bits per heavy atom. The first-order valence-corrected chi connectivity index (χ1v) is 10.4. The molecule has 2 heterocycles. The molecule has 0 atom stereocenters. The molecule has 0 saturated carbocycles. The highest BCUT2D eigenvalue weighted by molar-refractivity contribution is 7.12. The Morgan fingerprint density at radius 2 is 2.00 bits per heavy atom. The summed E-state index contributed by atoms with van der Waals surface area (Å²) in [6.45, 7) is 8.07. The number of nitrogens with one attached hydrogen (secondary N) is 2. The standard InChI is InChI=1S/C21H27N3O3S/c1-21(2,3)27-20(26)24-12-9-15-6-4-7-16(18(15)24)14-22-10-11-23-19(25)17-8-5-13-28-17/h4-8,13,22H,9-12,14H2,1-3H3,(H,23,25). The predicted octanol–water partition coefficient (Wildman–Crippen LogP) is 3.57. The third-order valence-corrected chi connectivity index (χ3v) is 5.21. The Bertz CT molecular complexity index is 828. The number of carbonyl (C=O) groups is 2. The van der Waals surface area contributed by atoms with E-state index in [2.05, 4.69) is 16.7 Å². The van der Waals surface area contributed by atoms with E-state index in [1.165, 1.54) is 11.3 Å². The van der Waals surface area contributed by atoms with Crippen molar-refractivity contribution in [2.75, 3.05) is 24.5 Å². The van der Waals surface area contributed by atoms with Gasteiger partial charge in [0.05, 0.1) is 10.6 Å². The maximum Gasteiger partial charge on any atom is 0.414 e. The van der Waals surface area contributed by atoms with Crippen LogP contribution in [0.5, 0.6) is 0 Å². The number of fused-ring (bicyclic) bond motifs is 1. The molecular formula is C21H27N3O3S. The molecule has 0 radical (unpaired) electrons. The van der Waals surface area contributed by atoms with Gasteiger partial charge in [0.15, 0.2) is 0 Å². The van der Waals surface area contributed by atoms with Crippen molar-refractivity contribution in [1.82, 2.24) is 10.6 Å². The summed E-state index contributed by atoms with van der Waals surface area (Å²) < 4.78 is 5.56. The number of anilines is 1. The molecule has 0 aliphatic carbocycles. The molecule has 2 amide bonds. The van der Waals surface area contributed by atoms with Crippen molar-refractivity contribution in [3.05, 3.63) is 51.7 Å². The highest BCUT2D eigenvalue weighted by atomic mass is 32.1. The van der Waals surface area contributed by atoms with Crippen LogP contribution in [0.3, 0.4) is 0 Å². The van der Waals surface area contributed by atoms with Gasteiger partial charge in [0, 0.05) is 26.2 Å². The molecule has 1 aromatic heterocycles. The molecule has 1 aliphatic heterocycles. The Hall–Kier alpha value is -2.38. The van der Waals surface area contributed by atoms with Gasteiger partial charge in [-0.25, -0.2) is 4.79 Å². The molecule has 2 N–H and O–H groups in total. The lowest BCUT2D eigenvalue weighted by atomic mass is 10.1. The van der Waals surface area contributed by atoms with Crippen LogP contribution in [0.2, 0.25) is 0 Å². The van der Waals surface area contributed by atoms with E-state index >= 15 is 0 Å². The maximum absolute atomic E-state index is 12.6. The quantitative estimate of drug-likeness (QED) is 0.726. The van der Waals surface area contributed by atoms with E-state index in [9.17, 15) is 9.59 Å². The average molecular weight is 402 g/mol. The summed E-state index contributed by atoms with van der Waals surface area (Å²) in [5.41, 5.74) is 2.65. The molecular weight excluding hydrogens is 374 g/mol. The average Bonchev–Trinajstić information content (AvgIpc) is 3.30. The minimum atomic E-state index is -0.520. The number of hydrogen-bond acceptors (Lipinski definition) is 5. The lowest BCUT2D eigenvalue weighted by Gasteiger charge is -2.26. The second-order valence-corrected chi connectivity index (χ2v) is 8.66. The Balaban J connectivity index is 1.55. The molecule has 6 nitrogen and oxygen atoms in total. The van der Waals surface area contributed by atoms with Gasteiger partial charge < -0.3 is 15.4 Å². The van der Waals surface area contributed by atoms with Crippen LogP contribution >= 0.6 is 11.3 Å². The fourth-order valence-electron chi connectivity index (χ4n) is 3.16. The molecule has 0 unspecified atom stereocenters. The smallest absolute Gasteiger partial charge is 0.414 e. The Labute approximate surface area is 169 Å².